The molecule has 2 aromatic carbocycles. The summed E-state index contributed by atoms with van der Waals surface area (Å²) in [4.78, 5) is 36.7. The highest BCUT2D eigenvalue weighted by Crippen LogP contribution is 2.30. The van der Waals surface area contributed by atoms with Crippen molar-refractivity contribution >= 4 is 23.0 Å². The number of hydrogen-bond donors (Lipinski definition) is 0. The third-order valence-corrected chi connectivity index (χ3v) is 8.92. The van der Waals surface area contributed by atoms with Crippen molar-refractivity contribution in [2.45, 2.75) is 67.7 Å². The predicted octanol–water partition coefficient (Wildman–Crippen LogP) is 6.73. The van der Waals surface area contributed by atoms with Gasteiger partial charge in [-0.3, -0.25) is 9.59 Å². The molecule has 0 atom stereocenters. The lowest BCUT2D eigenvalue weighted by Gasteiger charge is -2.18. The van der Waals surface area contributed by atoms with E-state index in [2.05, 4.69) is 4.98 Å². The smallest absolute Gasteiger partial charge is 0.228 e. The second-order valence-electron chi connectivity index (χ2n) is 12.9. The summed E-state index contributed by atoms with van der Waals surface area (Å²) in [5.74, 6) is 1.60. The molecule has 0 aliphatic heterocycles. The highest BCUT2D eigenvalue weighted by atomic mass is 16.5. The van der Waals surface area contributed by atoms with Gasteiger partial charge < -0.3 is 14.4 Å². The van der Waals surface area contributed by atoms with E-state index in [1.165, 1.54) is 0 Å². The van der Waals surface area contributed by atoms with Crippen LogP contribution in [0.3, 0.4) is 0 Å². The molecule has 0 N–H and O–H groups in total. The van der Waals surface area contributed by atoms with Gasteiger partial charge in [-0.15, -0.1) is 0 Å². The lowest BCUT2D eigenvalue weighted by Crippen LogP contribution is -2.32. The van der Waals surface area contributed by atoms with Gasteiger partial charge in [0.15, 0.2) is 11.3 Å². The van der Waals surface area contributed by atoms with Crippen LogP contribution in [0, 0.1) is 27.7 Å². The Morgan fingerprint density at radius 2 is 1.31 bits per heavy atom. The molecule has 6 aromatic rings. The zero-order valence-electron chi connectivity index (χ0n) is 30.5. The van der Waals surface area contributed by atoms with Crippen molar-refractivity contribution in [1.82, 2.24) is 34.1 Å². The monoisotopic (exact) mass is 687 g/mol. The summed E-state index contributed by atoms with van der Waals surface area (Å²) in [5.41, 5.74) is 10.1. The maximum absolute atomic E-state index is 13.2. The van der Waals surface area contributed by atoms with E-state index in [1.54, 1.807) is 6.92 Å². The van der Waals surface area contributed by atoms with Crippen LogP contribution in [0.4, 0.5) is 0 Å². The zero-order chi connectivity index (χ0) is 36.2. The molecule has 264 valence electrons. The number of aromatic nitrogens is 6. The van der Waals surface area contributed by atoms with E-state index in [0.717, 1.165) is 79.2 Å². The average Bonchev–Trinajstić information content (AvgIpc) is 3.64. The Hall–Kier alpha value is -5.58. The van der Waals surface area contributed by atoms with Crippen molar-refractivity contribution in [2.75, 3.05) is 26.3 Å². The van der Waals surface area contributed by atoms with Crippen LogP contribution in [0.1, 0.15) is 61.1 Å². The van der Waals surface area contributed by atoms with Crippen LogP contribution in [0.15, 0.2) is 60.7 Å². The fraction of sp³-hybridized carbons (Fsp3) is 0.350. The minimum atomic E-state index is 0.0513. The van der Waals surface area contributed by atoms with Crippen molar-refractivity contribution in [3.05, 3.63) is 94.6 Å². The predicted molar refractivity (Wildman–Crippen MR) is 197 cm³/mol. The number of likely N-dealkylation sites (N-methyl/N-ethyl adjacent to an activating group) is 1. The van der Waals surface area contributed by atoms with Gasteiger partial charge in [-0.2, -0.15) is 10.2 Å². The summed E-state index contributed by atoms with van der Waals surface area (Å²) >= 11 is 0. The Balaban J connectivity index is 1.08. The Morgan fingerprint density at radius 1 is 0.706 bits per heavy atom. The number of nitrogens with zero attached hydrogens (tertiary/aromatic N) is 7. The Kier molecular flexibility index (Phi) is 10.5. The summed E-state index contributed by atoms with van der Waals surface area (Å²) in [5, 5.41) is 9.53. The zero-order valence-corrected chi connectivity index (χ0v) is 30.5. The van der Waals surface area contributed by atoms with Crippen LogP contribution in [-0.2, 0) is 22.4 Å². The second-order valence-corrected chi connectivity index (χ2v) is 12.9. The normalized spacial score (nSPS) is 11.4. The molecule has 1 amide bonds. The molecule has 0 fully saturated rings. The second kappa shape index (κ2) is 15.1. The van der Waals surface area contributed by atoms with Gasteiger partial charge in [0.2, 0.25) is 5.91 Å². The average molecular weight is 688 g/mol. The maximum Gasteiger partial charge on any atom is 0.228 e. The Labute approximate surface area is 298 Å². The number of aryl methyl sites for hydroxylation is 4. The third-order valence-electron chi connectivity index (χ3n) is 8.92. The number of carbonyl (C=O) groups is 2. The first kappa shape index (κ1) is 35.3. The minimum Gasteiger partial charge on any atom is -0.493 e. The first-order chi connectivity index (χ1) is 24.6. The molecule has 0 aliphatic rings. The van der Waals surface area contributed by atoms with Crippen molar-refractivity contribution in [3.8, 4) is 34.0 Å². The molecule has 0 spiro atoms. The van der Waals surface area contributed by atoms with Crippen LogP contribution in [0.2, 0.25) is 0 Å². The molecule has 11 nitrogen and oxygen atoms in total. The highest BCUT2D eigenvalue weighted by Gasteiger charge is 2.22. The van der Waals surface area contributed by atoms with E-state index in [-0.39, 0.29) is 24.5 Å². The molecule has 0 radical (unpaired) electrons. The molecule has 0 aliphatic carbocycles. The van der Waals surface area contributed by atoms with Crippen molar-refractivity contribution in [2.24, 2.45) is 0 Å². The molecule has 0 saturated heterocycles. The summed E-state index contributed by atoms with van der Waals surface area (Å²) in [6.07, 6.45) is 1.18. The van der Waals surface area contributed by atoms with E-state index in [1.807, 2.05) is 116 Å². The molecule has 6 rings (SSSR count). The number of benzene rings is 2. The molecule has 0 unspecified atom stereocenters. The summed E-state index contributed by atoms with van der Waals surface area (Å²) in [6, 6.07) is 19.6. The first-order valence-electron chi connectivity index (χ1n) is 17.5. The van der Waals surface area contributed by atoms with Crippen molar-refractivity contribution < 1.29 is 19.1 Å². The number of ketones is 1. The number of fused-ring (bicyclic) bond motifs is 2. The molecule has 0 bridgehead atoms. The molecule has 0 saturated carbocycles. The maximum atomic E-state index is 13.2. The van der Waals surface area contributed by atoms with Crippen molar-refractivity contribution in [3.63, 3.8) is 0 Å². The molecular weight excluding hydrogens is 642 g/mol. The van der Waals surface area contributed by atoms with Crippen LogP contribution < -0.4 is 9.47 Å². The van der Waals surface area contributed by atoms with Gasteiger partial charge in [0.25, 0.3) is 0 Å². The topological polar surface area (TPSA) is 116 Å². The third kappa shape index (κ3) is 7.62. The quantitative estimate of drug-likeness (QED) is 0.116. The largest absolute Gasteiger partial charge is 0.493 e. The molecule has 11 heteroatoms. The van der Waals surface area contributed by atoms with Gasteiger partial charge >= 0.3 is 0 Å². The van der Waals surface area contributed by atoms with Crippen LogP contribution >= 0.6 is 0 Å². The van der Waals surface area contributed by atoms with Gasteiger partial charge in [-0.05, 0) is 115 Å². The highest BCUT2D eigenvalue weighted by molar-refractivity contribution is 5.84. The Bertz CT molecular complexity index is 2200. The standard InChI is InChI=1S/C40H45N7O4/c1-8-45(9-2)36(49)24-35-38(42-39-25(3)21-27(5)43-47(35)39)31-13-17-33(18-14-31)51-20-10-19-50-32-15-11-30(12-16-32)37-34(23-29(7)48)40-41-26(4)22-28(6)46(40)44-37/h11-18,21-22H,8-10,19-20,23-24H2,1-7H3. The number of carbonyl (C=O) groups excluding carboxylic acids is 2. The SMILES string of the molecule is CCN(CC)C(=O)Cc1c(-c2ccc(OCCCOc3ccc(-c4nn5c(C)cc(C)nc5c4CC(C)=O)cc3)cc2)nc2c(C)cc(C)nn12. The van der Waals surface area contributed by atoms with E-state index in [9.17, 15) is 9.59 Å². The lowest BCUT2D eigenvalue weighted by molar-refractivity contribution is -0.130. The summed E-state index contributed by atoms with van der Waals surface area (Å²) in [6.45, 7) is 15.7. The number of hydrogen-bond acceptors (Lipinski definition) is 8. The molecular formula is C40H45N7O4. The minimum absolute atomic E-state index is 0.0513. The van der Waals surface area contributed by atoms with Crippen LogP contribution in [-0.4, -0.2) is 72.1 Å². The fourth-order valence-electron chi connectivity index (χ4n) is 6.46. The van der Waals surface area contributed by atoms with E-state index < -0.39 is 0 Å². The number of Topliss-reactive ketones (excluding diaryl/α,β-unsaturated/α-hetero) is 1. The lowest BCUT2D eigenvalue weighted by atomic mass is 10.0. The van der Waals surface area contributed by atoms with Gasteiger partial charge in [0, 0.05) is 54.0 Å². The molecule has 4 aromatic heterocycles. The summed E-state index contributed by atoms with van der Waals surface area (Å²) < 4.78 is 15.7. The van der Waals surface area contributed by atoms with E-state index >= 15 is 0 Å². The van der Waals surface area contributed by atoms with E-state index in [0.29, 0.717) is 32.7 Å². The van der Waals surface area contributed by atoms with Crippen molar-refractivity contribution in [1.29, 1.82) is 0 Å². The Morgan fingerprint density at radius 3 is 1.90 bits per heavy atom. The van der Waals surface area contributed by atoms with Gasteiger partial charge in [0.1, 0.15) is 17.3 Å². The summed E-state index contributed by atoms with van der Waals surface area (Å²) in [7, 11) is 0. The van der Waals surface area contributed by atoms with Gasteiger partial charge in [0.05, 0.1) is 42.4 Å². The molecule has 51 heavy (non-hydrogen) atoms. The number of ether oxygens (including phenoxy) is 2. The number of imidazole rings is 1. The van der Waals surface area contributed by atoms with Gasteiger partial charge in [-0.25, -0.2) is 19.0 Å². The van der Waals surface area contributed by atoms with Gasteiger partial charge in [-0.1, -0.05) is 0 Å². The van der Waals surface area contributed by atoms with Crippen LogP contribution in [0.25, 0.3) is 33.8 Å². The number of amides is 1. The van der Waals surface area contributed by atoms with Crippen LogP contribution in [0.5, 0.6) is 11.5 Å². The first-order valence-corrected chi connectivity index (χ1v) is 17.5. The fourth-order valence-corrected chi connectivity index (χ4v) is 6.46. The van der Waals surface area contributed by atoms with E-state index in [4.69, 9.17) is 24.7 Å². The molecule has 4 heterocycles. The number of rotatable bonds is 14.